The van der Waals surface area contributed by atoms with E-state index in [0.29, 0.717) is 6.42 Å². The maximum atomic E-state index is 12.4. The standard InChI is InChI=1S/C26H29N3O3/c1-17(20-8-6-5-7-9-20)27-26(30)32-24-13-10-21(16-24)25-18(2)28-29(19(25)3)22-11-14-23(31-4)15-12-22/h5-15,17,21,24H,16H2,1-4H3,(H,27,30)/t17-,21+,24-/m1/s1. The first-order valence-electron chi connectivity index (χ1n) is 10.9. The molecule has 166 valence electrons. The van der Waals surface area contributed by atoms with E-state index in [1.54, 1.807) is 7.11 Å². The molecule has 0 spiro atoms. The van der Waals surface area contributed by atoms with Gasteiger partial charge in [-0.05, 0) is 63.1 Å². The van der Waals surface area contributed by atoms with Gasteiger partial charge in [-0.2, -0.15) is 5.10 Å². The highest BCUT2D eigenvalue weighted by molar-refractivity contribution is 5.68. The number of hydrogen-bond donors (Lipinski definition) is 1. The largest absolute Gasteiger partial charge is 0.497 e. The normalized spacial score (nSPS) is 18.4. The Morgan fingerprint density at radius 1 is 1.09 bits per heavy atom. The molecule has 0 radical (unpaired) electrons. The van der Waals surface area contributed by atoms with Crippen molar-refractivity contribution in [3.63, 3.8) is 0 Å². The van der Waals surface area contributed by atoms with E-state index in [9.17, 15) is 4.79 Å². The Kier molecular flexibility index (Phi) is 6.30. The van der Waals surface area contributed by atoms with Gasteiger partial charge in [-0.15, -0.1) is 0 Å². The smallest absolute Gasteiger partial charge is 0.408 e. The number of amides is 1. The summed E-state index contributed by atoms with van der Waals surface area (Å²) in [5.74, 6) is 0.973. The molecular weight excluding hydrogens is 402 g/mol. The zero-order valence-corrected chi connectivity index (χ0v) is 18.9. The number of benzene rings is 2. The van der Waals surface area contributed by atoms with Crippen molar-refractivity contribution in [2.24, 2.45) is 0 Å². The van der Waals surface area contributed by atoms with Crippen molar-refractivity contribution in [2.75, 3.05) is 7.11 Å². The van der Waals surface area contributed by atoms with Gasteiger partial charge in [0.25, 0.3) is 0 Å². The molecule has 0 bridgehead atoms. The third-order valence-corrected chi connectivity index (χ3v) is 5.97. The fourth-order valence-electron chi connectivity index (χ4n) is 4.31. The van der Waals surface area contributed by atoms with Crippen molar-refractivity contribution in [1.82, 2.24) is 15.1 Å². The minimum absolute atomic E-state index is 0.114. The predicted molar refractivity (Wildman–Crippen MR) is 124 cm³/mol. The molecule has 2 aromatic carbocycles. The number of nitrogens with one attached hydrogen (secondary N) is 1. The van der Waals surface area contributed by atoms with Gasteiger partial charge in [0.05, 0.1) is 24.5 Å². The van der Waals surface area contributed by atoms with Crippen LogP contribution in [0.25, 0.3) is 5.69 Å². The number of aryl methyl sites for hydroxylation is 1. The van der Waals surface area contributed by atoms with Gasteiger partial charge in [0.15, 0.2) is 0 Å². The number of methoxy groups -OCH3 is 1. The monoisotopic (exact) mass is 431 g/mol. The number of ether oxygens (including phenoxy) is 2. The summed E-state index contributed by atoms with van der Waals surface area (Å²) in [5.41, 5.74) is 5.28. The Labute approximate surface area is 188 Å². The van der Waals surface area contributed by atoms with Crippen LogP contribution in [0, 0.1) is 13.8 Å². The average molecular weight is 432 g/mol. The molecule has 1 N–H and O–H groups in total. The van der Waals surface area contributed by atoms with Crippen LogP contribution in [0.3, 0.4) is 0 Å². The molecule has 0 saturated carbocycles. The zero-order chi connectivity index (χ0) is 22.7. The van der Waals surface area contributed by atoms with Crippen molar-refractivity contribution >= 4 is 6.09 Å². The lowest BCUT2D eigenvalue weighted by atomic mass is 9.96. The van der Waals surface area contributed by atoms with Crippen LogP contribution in [0.2, 0.25) is 0 Å². The van der Waals surface area contributed by atoms with Crippen LogP contribution < -0.4 is 10.1 Å². The van der Waals surface area contributed by atoms with Gasteiger partial charge < -0.3 is 14.8 Å². The summed E-state index contributed by atoms with van der Waals surface area (Å²) >= 11 is 0. The summed E-state index contributed by atoms with van der Waals surface area (Å²) in [5, 5.41) is 7.67. The van der Waals surface area contributed by atoms with Crippen molar-refractivity contribution < 1.29 is 14.3 Å². The van der Waals surface area contributed by atoms with Gasteiger partial charge in [-0.1, -0.05) is 36.4 Å². The Morgan fingerprint density at radius 2 is 1.81 bits per heavy atom. The SMILES string of the molecule is COc1ccc(-n2nc(C)c([C@H]3C=C[C@@H](OC(=O)N[C@H](C)c4ccccc4)C3)c2C)cc1. The first-order valence-corrected chi connectivity index (χ1v) is 10.9. The van der Waals surface area contributed by atoms with Crippen LogP contribution in [-0.4, -0.2) is 29.1 Å². The third kappa shape index (κ3) is 4.54. The maximum Gasteiger partial charge on any atom is 0.408 e. The van der Waals surface area contributed by atoms with E-state index in [0.717, 1.165) is 28.4 Å². The second-order valence-electron chi connectivity index (χ2n) is 8.14. The van der Waals surface area contributed by atoms with E-state index in [-0.39, 0.29) is 18.1 Å². The summed E-state index contributed by atoms with van der Waals surface area (Å²) in [4.78, 5) is 12.4. The summed E-state index contributed by atoms with van der Waals surface area (Å²) in [6.45, 7) is 6.05. The molecule has 1 aromatic heterocycles. The van der Waals surface area contributed by atoms with Crippen LogP contribution in [0.15, 0.2) is 66.7 Å². The van der Waals surface area contributed by atoms with Crippen molar-refractivity contribution in [3.05, 3.63) is 89.3 Å². The fourth-order valence-corrected chi connectivity index (χ4v) is 4.31. The molecule has 6 heteroatoms. The summed E-state index contributed by atoms with van der Waals surface area (Å²) in [6, 6.07) is 17.6. The van der Waals surface area contributed by atoms with Crippen LogP contribution in [0.1, 0.15) is 47.8 Å². The molecule has 4 rings (SSSR count). The molecule has 1 aliphatic carbocycles. The molecule has 6 nitrogen and oxygen atoms in total. The lowest BCUT2D eigenvalue weighted by molar-refractivity contribution is 0.115. The summed E-state index contributed by atoms with van der Waals surface area (Å²) < 4.78 is 12.9. The third-order valence-electron chi connectivity index (χ3n) is 5.97. The number of aromatic nitrogens is 2. The van der Waals surface area contributed by atoms with Gasteiger partial charge in [-0.25, -0.2) is 9.48 Å². The number of alkyl carbamates (subject to hydrolysis) is 1. The Morgan fingerprint density at radius 3 is 2.50 bits per heavy atom. The zero-order valence-electron chi connectivity index (χ0n) is 18.9. The minimum atomic E-state index is -0.404. The molecule has 0 unspecified atom stereocenters. The van der Waals surface area contributed by atoms with E-state index in [4.69, 9.17) is 14.6 Å². The van der Waals surface area contributed by atoms with Crippen LogP contribution in [0.5, 0.6) is 5.75 Å². The Hall–Kier alpha value is -3.54. The Balaban J connectivity index is 1.40. The highest BCUT2D eigenvalue weighted by Crippen LogP contribution is 2.35. The van der Waals surface area contributed by atoms with E-state index >= 15 is 0 Å². The number of nitrogens with zero attached hydrogens (tertiary/aromatic N) is 2. The minimum Gasteiger partial charge on any atom is -0.497 e. The molecular formula is C26H29N3O3. The molecule has 1 amide bonds. The van der Waals surface area contributed by atoms with E-state index in [2.05, 4.69) is 18.3 Å². The molecule has 0 aliphatic heterocycles. The second kappa shape index (κ2) is 9.30. The first-order chi connectivity index (χ1) is 15.5. The van der Waals surface area contributed by atoms with Crippen molar-refractivity contribution in [3.8, 4) is 11.4 Å². The van der Waals surface area contributed by atoms with Gasteiger partial charge in [-0.3, -0.25) is 0 Å². The van der Waals surface area contributed by atoms with E-state index in [1.165, 1.54) is 5.56 Å². The quantitative estimate of drug-likeness (QED) is 0.531. The molecule has 32 heavy (non-hydrogen) atoms. The molecule has 1 aliphatic rings. The number of carbonyl (C=O) groups is 1. The molecule has 1 heterocycles. The van der Waals surface area contributed by atoms with Crippen LogP contribution in [-0.2, 0) is 4.74 Å². The molecule has 0 fully saturated rings. The summed E-state index contributed by atoms with van der Waals surface area (Å²) in [7, 11) is 1.66. The number of rotatable bonds is 6. The van der Waals surface area contributed by atoms with Gasteiger partial charge >= 0.3 is 6.09 Å². The molecule has 0 saturated heterocycles. The highest BCUT2D eigenvalue weighted by Gasteiger charge is 2.28. The molecule has 3 atom stereocenters. The number of allylic oxidation sites excluding steroid dienone is 1. The lowest BCUT2D eigenvalue weighted by Crippen LogP contribution is -2.30. The van der Waals surface area contributed by atoms with E-state index in [1.807, 2.05) is 79.2 Å². The first kappa shape index (κ1) is 21.7. The Bertz CT molecular complexity index is 1100. The maximum absolute atomic E-state index is 12.4. The van der Waals surface area contributed by atoms with E-state index < -0.39 is 6.09 Å². The van der Waals surface area contributed by atoms with Crippen LogP contribution in [0.4, 0.5) is 4.79 Å². The average Bonchev–Trinajstić information content (AvgIpc) is 3.37. The van der Waals surface area contributed by atoms with Gasteiger partial charge in [0, 0.05) is 17.2 Å². The highest BCUT2D eigenvalue weighted by atomic mass is 16.6. The van der Waals surface area contributed by atoms with Gasteiger partial charge in [0.1, 0.15) is 11.9 Å². The number of hydrogen-bond acceptors (Lipinski definition) is 4. The van der Waals surface area contributed by atoms with Gasteiger partial charge in [0.2, 0.25) is 0 Å². The summed E-state index contributed by atoms with van der Waals surface area (Å²) in [6.07, 6.45) is 4.14. The number of carbonyl (C=O) groups excluding carboxylic acids is 1. The second-order valence-corrected chi connectivity index (χ2v) is 8.14. The topological polar surface area (TPSA) is 65.4 Å². The van der Waals surface area contributed by atoms with Crippen molar-refractivity contribution in [2.45, 2.75) is 45.3 Å². The van der Waals surface area contributed by atoms with Crippen LogP contribution >= 0.6 is 0 Å². The lowest BCUT2D eigenvalue weighted by Gasteiger charge is -2.18. The predicted octanol–water partition coefficient (Wildman–Crippen LogP) is 5.40. The van der Waals surface area contributed by atoms with Crippen molar-refractivity contribution in [1.29, 1.82) is 0 Å². The molecule has 3 aromatic rings. The fraction of sp³-hybridized carbons (Fsp3) is 0.308.